The topological polar surface area (TPSA) is 80.0 Å². The lowest BCUT2D eigenvalue weighted by Crippen LogP contribution is -2.54. The van der Waals surface area contributed by atoms with E-state index in [-0.39, 0.29) is 30.7 Å². The summed E-state index contributed by atoms with van der Waals surface area (Å²) >= 11 is 0. The van der Waals surface area contributed by atoms with Gasteiger partial charge in [0, 0.05) is 42.4 Å². The Bertz CT molecular complexity index is 1320. The van der Waals surface area contributed by atoms with Crippen LogP contribution in [-0.2, 0) is 17.8 Å². The highest BCUT2D eigenvalue weighted by atomic mass is 19.1. The van der Waals surface area contributed by atoms with Crippen LogP contribution in [0.1, 0.15) is 55.2 Å². The van der Waals surface area contributed by atoms with Crippen LogP contribution in [0.3, 0.4) is 0 Å². The Hall–Kier alpha value is -3.19. The summed E-state index contributed by atoms with van der Waals surface area (Å²) in [4.78, 5) is 27.6. The predicted molar refractivity (Wildman–Crippen MR) is 134 cm³/mol. The predicted octanol–water partition coefficient (Wildman–Crippen LogP) is 4.91. The fourth-order valence-corrected chi connectivity index (χ4v) is 5.69. The molecule has 2 fully saturated rings. The molecule has 1 saturated carbocycles. The molecule has 1 aliphatic heterocycles. The number of ether oxygens (including phenoxy) is 1. The molecule has 0 radical (unpaired) electrons. The summed E-state index contributed by atoms with van der Waals surface area (Å²) in [5.74, 6) is 0.415. The van der Waals surface area contributed by atoms with Crippen molar-refractivity contribution >= 4 is 16.9 Å². The molecule has 1 N–H and O–H groups in total. The molecule has 1 aliphatic carbocycles. The van der Waals surface area contributed by atoms with Crippen molar-refractivity contribution in [3.05, 3.63) is 75.4 Å². The van der Waals surface area contributed by atoms with E-state index in [9.17, 15) is 19.1 Å². The van der Waals surface area contributed by atoms with E-state index in [2.05, 4.69) is 0 Å². The van der Waals surface area contributed by atoms with E-state index in [0.29, 0.717) is 42.8 Å². The standard InChI is InChI=1S/C29H32FNO5/c1-19-24-10-9-23(35-18-20-5-7-22(30)8-6-20)16-26(24)36-28(33)25(19)11-12-27(32)31-15-14-29(34)13-3-2-4-21(29)17-31/h5-10,16,21,34H,2-4,11-15,17-18H2,1H3/t21-,29-/m0/s1. The monoisotopic (exact) mass is 493 g/mol. The third-order valence-electron chi connectivity index (χ3n) is 7.95. The van der Waals surface area contributed by atoms with Crippen LogP contribution in [-0.4, -0.2) is 34.6 Å². The Labute approximate surface area is 209 Å². The highest BCUT2D eigenvalue weighted by molar-refractivity contribution is 5.83. The molecule has 5 rings (SSSR count). The smallest absolute Gasteiger partial charge is 0.339 e. The molecule has 2 atom stereocenters. The Morgan fingerprint density at radius 3 is 2.81 bits per heavy atom. The van der Waals surface area contributed by atoms with Crippen molar-refractivity contribution < 1.29 is 23.4 Å². The normalized spacial score (nSPS) is 21.9. The van der Waals surface area contributed by atoms with E-state index in [1.807, 2.05) is 24.0 Å². The van der Waals surface area contributed by atoms with Gasteiger partial charge in [0.1, 0.15) is 23.8 Å². The number of rotatable bonds is 6. The van der Waals surface area contributed by atoms with E-state index >= 15 is 0 Å². The number of halogens is 1. The zero-order chi connectivity index (χ0) is 25.3. The minimum Gasteiger partial charge on any atom is -0.489 e. The highest BCUT2D eigenvalue weighted by Gasteiger charge is 2.43. The largest absolute Gasteiger partial charge is 0.489 e. The Morgan fingerprint density at radius 2 is 2.00 bits per heavy atom. The summed E-state index contributed by atoms with van der Waals surface area (Å²) in [7, 11) is 0. The molecular formula is C29H32FNO5. The Balaban J connectivity index is 1.25. The molecule has 7 heteroatoms. The fraction of sp³-hybridized carbons (Fsp3) is 0.448. The molecule has 2 aliphatic rings. The van der Waals surface area contributed by atoms with Crippen molar-refractivity contribution in [1.82, 2.24) is 4.90 Å². The minimum atomic E-state index is -0.618. The molecule has 3 aromatic rings. The van der Waals surface area contributed by atoms with Gasteiger partial charge in [-0.1, -0.05) is 25.0 Å². The minimum absolute atomic E-state index is 0.0195. The second-order valence-corrected chi connectivity index (χ2v) is 10.2. The number of carbonyl (C=O) groups excluding carboxylic acids is 1. The zero-order valence-corrected chi connectivity index (χ0v) is 20.6. The molecule has 2 heterocycles. The van der Waals surface area contributed by atoms with Crippen LogP contribution in [0.4, 0.5) is 4.39 Å². The van der Waals surface area contributed by atoms with Crippen LogP contribution in [0, 0.1) is 18.7 Å². The van der Waals surface area contributed by atoms with Gasteiger partial charge in [-0.3, -0.25) is 4.79 Å². The van der Waals surface area contributed by atoms with Gasteiger partial charge in [-0.2, -0.15) is 0 Å². The molecule has 1 saturated heterocycles. The lowest BCUT2D eigenvalue weighted by Gasteiger charge is -2.47. The summed E-state index contributed by atoms with van der Waals surface area (Å²) in [6.45, 7) is 3.31. The quantitative estimate of drug-likeness (QED) is 0.494. The Morgan fingerprint density at radius 1 is 1.19 bits per heavy atom. The molecule has 1 amide bonds. The number of aliphatic hydroxyl groups is 1. The third-order valence-corrected chi connectivity index (χ3v) is 7.95. The van der Waals surface area contributed by atoms with Gasteiger partial charge in [0.15, 0.2) is 0 Å². The van der Waals surface area contributed by atoms with E-state index in [1.54, 1.807) is 18.2 Å². The summed E-state index contributed by atoms with van der Waals surface area (Å²) in [6.07, 6.45) is 5.13. The number of fused-ring (bicyclic) bond motifs is 2. The maximum atomic E-state index is 13.1. The second kappa shape index (κ2) is 10.1. The van der Waals surface area contributed by atoms with Gasteiger partial charge in [0.2, 0.25) is 5.91 Å². The number of carbonyl (C=O) groups is 1. The van der Waals surface area contributed by atoms with Gasteiger partial charge in [0.05, 0.1) is 5.60 Å². The van der Waals surface area contributed by atoms with Crippen molar-refractivity contribution in [1.29, 1.82) is 0 Å². The molecule has 1 aromatic heterocycles. The summed E-state index contributed by atoms with van der Waals surface area (Å²) in [6, 6.07) is 11.4. The number of likely N-dealkylation sites (tertiary alicyclic amines) is 1. The summed E-state index contributed by atoms with van der Waals surface area (Å²) < 4.78 is 24.5. The van der Waals surface area contributed by atoms with Gasteiger partial charge in [-0.15, -0.1) is 0 Å². The SMILES string of the molecule is Cc1c(CCC(=O)N2CC[C@@]3(O)CCCC[C@H]3C2)c(=O)oc2cc(OCc3ccc(F)cc3)ccc12. The average molecular weight is 494 g/mol. The molecule has 2 aromatic carbocycles. The third kappa shape index (κ3) is 5.03. The number of aryl methyl sites for hydroxylation is 1. The van der Waals surface area contributed by atoms with Crippen molar-refractivity contribution in [2.24, 2.45) is 5.92 Å². The number of amides is 1. The van der Waals surface area contributed by atoms with Crippen molar-refractivity contribution in [2.75, 3.05) is 13.1 Å². The number of hydrogen-bond donors (Lipinski definition) is 1. The van der Waals surface area contributed by atoms with Crippen molar-refractivity contribution in [3.63, 3.8) is 0 Å². The van der Waals surface area contributed by atoms with Gasteiger partial charge < -0.3 is 19.2 Å². The van der Waals surface area contributed by atoms with Crippen LogP contribution in [0.25, 0.3) is 11.0 Å². The first kappa shape index (κ1) is 24.5. The van der Waals surface area contributed by atoms with Gasteiger partial charge in [-0.05, 0) is 68.0 Å². The molecule has 0 unspecified atom stereocenters. The van der Waals surface area contributed by atoms with Gasteiger partial charge in [-0.25, -0.2) is 9.18 Å². The van der Waals surface area contributed by atoms with Crippen LogP contribution in [0.2, 0.25) is 0 Å². The fourth-order valence-electron chi connectivity index (χ4n) is 5.69. The zero-order valence-electron chi connectivity index (χ0n) is 20.6. The van der Waals surface area contributed by atoms with E-state index < -0.39 is 11.2 Å². The lowest BCUT2D eigenvalue weighted by molar-refractivity contribution is -0.143. The van der Waals surface area contributed by atoms with Crippen LogP contribution in [0.15, 0.2) is 51.7 Å². The second-order valence-electron chi connectivity index (χ2n) is 10.2. The number of hydrogen-bond acceptors (Lipinski definition) is 5. The number of piperidine rings is 1. The number of benzene rings is 2. The van der Waals surface area contributed by atoms with E-state index in [1.165, 1.54) is 12.1 Å². The van der Waals surface area contributed by atoms with Crippen LogP contribution < -0.4 is 10.4 Å². The lowest BCUT2D eigenvalue weighted by atomic mass is 9.71. The highest BCUT2D eigenvalue weighted by Crippen LogP contribution is 2.40. The molecule has 0 bridgehead atoms. The molecule has 36 heavy (non-hydrogen) atoms. The number of nitrogens with zero attached hydrogens (tertiary/aromatic N) is 1. The van der Waals surface area contributed by atoms with E-state index in [0.717, 1.165) is 42.2 Å². The molecular weight excluding hydrogens is 461 g/mol. The van der Waals surface area contributed by atoms with Gasteiger partial charge in [0.25, 0.3) is 0 Å². The maximum absolute atomic E-state index is 13.1. The van der Waals surface area contributed by atoms with Crippen LogP contribution >= 0.6 is 0 Å². The van der Waals surface area contributed by atoms with Crippen LogP contribution in [0.5, 0.6) is 5.75 Å². The van der Waals surface area contributed by atoms with Crippen molar-refractivity contribution in [3.8, 4) is 5.75 Å². The first-order valence-corrected chi connectivity index (χ1v) is 12.8. The maximum Gasteiger partial charge on any atom is 0.339 e. The van der Waals surface area contributed by atoms with Gasteiger partial charge >= 0.3 is 5.63 Å². The average Bonchev–Trinajstić information content (AvgIpc) is 2.87. The molecule has 6 nitrogen and oxygen atoms in total. The van der Waals surface area contributed by atoms with E-state index in [4.69, 9.17) is 9.15 Å². The Kier molecular flexibility index (Phi) is 6.84. The molecule has 190 valence electrons. The molecule has 0 spiro atoms. The first-order valence-electron chi connectivity index (χ1n) is 12.8. The summed E-state index contributed by atoms with van der Waals surface area (Å²) in [5.41, 5.74) is 1.52. The van der Waals surface area contributed by atoms with Crippen molar-refractivity contribution in [2.45, 2.75) is 64.1 Å². The first-order chi connectivity index (χ1) is 17.3. The summed E-state index contributed by atoms with van der Waals surface area (Å²) in [5, 5.41) is 11.7.